The molecule has 1 saturated heterocycles. The summed E-state index contributed by atoms with van der Waals surface area (Å²) in [4.78, 5) is 4.98. The molecule has 7 nitrogen and oxygen atoms in total. The second-order valence-corrected chi connectivity index (χ2v) is 6.95. The van der Waals surface area contributed by atoms with Crippen LogP contribution in [0.15, 0.2) is 24.3 Å². The summed E-state index contributed by atoms with van der Waals surface area (Å²) in [5.41, 5.74) is 1.20. The van der Waals surface area contributed by atoms with Crippen LogP contribution in [0.4, 0.5) is 0 Å². The Balaban J connectivity index is 1.92. The van der Waals surface area contributed by atoms with E-state index in [1.807, 2.05) is 23.7 Å². The van der Waals surface area contributed by atoms with Crippen LogP contribution in [0.5, 0.6) is 5.75 Å². The first-order valence-electron chi connectivity index (χ1n) is 9.61. The van der Waals surface area contributed by atoms with Crippen molar-refractivity contribution in [3.8, 4) is 5.75 Å². The smallest absolute Gasteiger partial charge is 0.173 e. The molecule has 0 bridgehead atoms. The van der Waals surface area contributed by atoms with Crippen LogP contribution in [0, 0.1) is 0 Å². The van der Waals surface area contributed by atoms with Gasteiger partial charge in [-0.05, 0) is 55.4 Å². The maximum atomic E-state index is 5.60. The van der Waals surface area contributed by atoms with Gasteiger partial charge in [-0.3, -0.25) is 4.90 Å². The Morgan fingerprint density at radius 1 is 1.04 bits per heavy atom. The zero-order valence-electron chi connectivity index (χ0n) is 16.3. The molecule has 0 N–H and O–H groups in total. The molecule has 1 aliphatic heterocycles. The average molecular weight is 358 g/mol. The van der Waals surface area contributed by atoms with Crippen LogP contribution in [0.2, 0.25) is 0 Å². The third-order valence-corrected chi connectivity index (χ3v) is 4.98. The normalized spacial score (nSPS) is 17.6. The fourth-order valence-corrected chi connectivity index (χ4v) is 3.52. The van der Waals surface area contributed by atoms with Gasteiger partial charge in [0.05, 0.1) is 18.7 Å². The molecule has 2 aromatic rings. The average Bonchev–Trinajstić information content (AvgIpc) is 3.14. The molecule has 2 heterocycles. The molecule has 1 aliphatic rings. The number of nitrogens with zero attached hydrogens (tertiary/aromatic N) is 6. The third-order valence-electron chi connectivity index (χ3n) is 4.98. The standard InChI is InChI=1S/C19H30N6O/c1-5-23-11-13-24(14-12-23)18(19-20-21-22-25(19)15(3)4)16-7-9-17(10-8-16)26-6-2/h7-10,15,18H,5-6,11-14H2,1-4H3. The van der Waals surface area contributed by atoms with Gasteiger partial charge in [0.15, 0.2) is 5.82 Å². The Morgan fingerprint density at radius 3 is 2.31 bits per heavy atom. The molecule has 3 rings (SSSR count). The van der Waals surface area contributed by atoms with Gasteiger partial charge in [-0.15, -0.1) is 5.10 Å². The molecule has 0 spiro atoms. The Bertz CT molecular complexity index is 676. The van der Waals surface area contributed by atoms with Gasteiger partial charge in [0.25, 0.3) is 0 Å². The van der Waals surface area contributed by atoms with Crippen molar-refractivity contribution in [2.45, 2.75) is 39.8 Å². The van der Waals surface area contributed by atoms with Crippen LogP contribution < -0.4 is 4.74 Å². The summed E-state index contributed by atoms with van der Waals surface area (Å²) in [6.45, 7) is 14.4. The lowest BCUT2D eigenvalue weighted by atomic mass is 10.0. The SMILES string of the molecule is CCOc1ccc(C(c2nnnn2C(C)C)N2CCN(CC)CC2)cc1. The van der Waals surface area contributed by atoms with E-state index in [0.29, 0.717) is 6.61 Å². The van der Waals surface area contributed by atoms with Crippen LogP contribution in [0.25, 0.3) is 0 Å². The topological polar surface area (TPSA) is 59.3 Å². The van der Waals surface area contributed by atoms with Gasteiger partial charge in [0.1, 0.15) is 5.75 Å². The molecule has 1 aromatic heterocycles. The highest BCUT2D eigenvalue weighted by Crippen LogP contribution is 2.30. The number of rotatable bonds is 7. The first-order chi connectivity index (χ1) is 12.6. The van der Waals surface area contributed by atoms with Crippen molar-refractivity contribution in [3.63, 3.8) is 0 Å². The number of likely N-dealkylation sites (N-methyl/N-ethyl adjacent to an activating group) is 1. The first kappa shape index (κ1) is 18.8. The molecule has 0 saturated carbocycles. The predicted molar refractivity (Wildman–Crippen MR) is 101 cm³/mol. The van der Waals surface area contributed by atoms with Crippen molar-refractivity contribution in [1.82, 2.24) is 30.0 Å². The van der Waals surface area contributed by atoms with Gasteiger partial charge < -0.3 is 9.64 Å². The number of piperazine rings is 1. The van der Waals surface area contributed by atoms with E-state index in [1.54, 1.807) is 0 Å². The second-order valence-electron chi connectivity index (χ2n) is 6.95. The molecule has 1 atom stereocenters. The largest absolute Gasteiger partial charge is 0.494 e. The summed E-state index contributed by atoms with van der Waals surface area (Å²) in [7, 11) is 0. The van der Waals surface area contributed by atoms with Crippen LogP contribution in [0.1, 0.15) is 51.2 Å². The van der Waals surface area contributed by atoms with E-state index in [1.165, 1.54) is 5.56 Å². The molecule has 0 radical (unpaired) electrons. The summed E-state index contributed by atoms with van der Waals surface area (Å²) in [6.07, 6.45) is 0. The Kier molecular flexibility index (Phi) is 6.21. The van der Waals surface area contributed by atoms with Gasteiger partial charge >= 0.3 is 0 Å². The van der Waals surface area contributed by atoms with Crippen molar-refractivity contribution in [3.05, 3.63) is 35.7 Å². The molecule has 1 aromatic carbocycles. The summed E-state index contributed by atoms with van der Waals surface area (Å²) in [5, 5.41) is 12.6. The van der Waals surface area contributed by atoms with Gasteiger partial charge in [0, 0.05) is 26.2 Å². The number of aromatic nitrogens is 4. The third kappa shape index (κ3) is 4.04. The van der Waals surface area contributed by atoms with E-state index in [-0.39, 0.29) is 12.1 Å². The zero-order chi connectivity index (χ0) is 18.5. The highest BCUT2D eigenvalue weighted by atomic mass is 16.5. The monoisotopic (exact) mass is 358 g/mol. The van der Waals surface area contributed by atoms with Crippen molar-refractivity contribution >= 4 is 0 Å². The molecule has 142 valence electrons. The lowest BCUT2D eigenvalue weighted by Crippen LogP contribution is -2.48. The highest BCUT2D eigenvalue weighted by Gasteiger charge is 2.30. The molecule has 7 heteroatoms. The Hall–Kier alpha value is -1.99. The first-order valence-corrected chi connectivity index (χ1v) is 9.61. The lowest BCUT2D eigenvalue weighted by Gasteiger charge is -2.38. The Labute approximate surface area is 155 Å². The zero-order valence-corrected chi connectivity index (χ0v) is 16.3. The van der Waals surface area contributed by atoms with Crippen molar-refractivity contribution in [2.24, 2.45) is 0 Å². The van der Waals surface area contributed by atoms with Gasteiger partial charge in [-0.25, -0.2) is 4.68 Å². The number of benzene rings is 1. The van der Waals surface area contributed by atoms with E-state index in [9.17, 15) is 0 Å². The number of hydrogen-bond acceptors (Lipinski definition) is 6. The maximum Gasteiger partial charge on any atom is 0.173 e. The fourth-order valence-electron chi connectivity index (χ4n) is 3.52. The maximum absolute atomic E-state index is 5.60. The summed E-state index contributed by atoms with van der Waals surface area (Å²) in [5.74, 6) is 1.81. The summed E-state index contributed by atoms with van der Waals surface area (Å²) >= 11 is 0. The number of hydrogen-bond donors (Lipinski definition) is 0. The number of tetrazole rings is 1. The van der Waals surface area contributed by atoms with Gasteiger partial charge in [-0.2, -0.15) is 0 Å². The lowest BCUT2D eigenvalue weighted by molar-refractivity contribution is 0.108. The minimum absolute atomic E-state index is 0.0575. The number of ether oxygens (including phenoxy) is 1. The van der Waals surface area contributed by atoms with Gasteiger partial charge in [0.2, 0.25) is 0 Å². The fraction of sp³-hybridized carbons (Fsp3) is 0.632. The molecular weight excluding hydrogens is 328 g/mol. The highest BCUT2D eigenvalue weighted by molar-refractivity contribution is 5.32. The van der Waals surface area contributed by atoms with Crippen molar-refractivity contribution in [2.75, 3.05) is 39.3 Å². The van der Waals surface area contributed by atoms with Crippen LogP contribution in [0.3, 0.4) is 0 Å². The quantitative estimate of drug-likeness (QED) is 0.757. The van der Waals surface area contributed by atoms with E-state index in [0.717, 1.165) is 44.3 Å². The molecule has 1 unspecified atom stereocenters. The van der Waals surface area contributed by atoms with E-state index >= 15 is 0 Å². The minimum Gasteiger partial charge on any atom is -0.494 e. The van der Waals surface area contributed by atoms with Crippen LogP contribution in [-0.4, -0.2) is 69.3 Å². The van der Waals surface area contributed by atoms with E-state index < -0.39 is 0 Å². The van der Waals surface area contributed by atoms with E-state index in [4.69, 9.17) is 4.74 Å². The van der Waals surface area contributed by atoms with Gasteiger partial charge in [-0.1, -0.05) is 19.1 Å². The molecular formula is C19H30N6O. The second kappa shape index (κ2) is 8.60. The van der Waals surface area contributed by atoms with Crippen LogP contribution in [-0.2, 0) is 0 Å². The van der Waals surface area contributed by atoms with Crippen molar-refractivity contribution < 1.29 is 4.74 Å². The summed E-state index contributed by atoms with van der Waals surface area (Å²) < 4.78 is 7.54. The van der Waals surface area contributed by atoms with Crippen LogP contribution >= 0.6 is 0 Å². The molecule has 0 amide bonds. The minimum atomic E-state index is 0.0575. The molecule has 1 fully saturated rings. The molecule has 26 heavy (non-hydrogen) atoms. The predicted octanol–water partition coefficient (Wildman–Crippen LogP) is 2.38. The summed E-state index contributed by atoms with van der Waals surface area (Å²) in [6, 6.07) is 8.64. The van der Waals surface area contributed by atoms with E-state index in [2.05, 4.69) is 58.2 Å². The van der Waals surface area contributed by atoms with Crippen molar-refractivity contribution in [1.29, 1.82) is 0 Å². The Morgan fingerprint density at radius 2 is 1.73 bits per heavy atom. The molecule has 0 aliphatic carbocycles.